The number of aromatic nitrogens is 1. The minimum atomic E-state index is -1.50. The third kappa shape index (κ3) is 12.0. The molecule has 16 heteroatoms. The van der Waals surface area contributed by atoms with Crippen molar-refractivity contribution in [3.63, 3.8) is 0 Å². The number of hydrogen-bond donors (Lipinski definition) is 9. The van der Waals surface area contributed by atoms with Gasteiger partial charge in [0.1, 0.15) is 36.3 Å². The summed E-state index contributed by atoms with van der Waals surface area (Å²) < 4.78 is 0. The lowest BCUT2D eigenvalue weighted by Crippen LogP contribution is -2.63. The van der Waals surface area contributed by atoms with Crippen molar-refractivity contribution in [3.8, 4) is 0 Å². The maximum absolute atomic E-state index is 14.2. The number of carbonyl (C=O) groups excluding carboxylic acids is 7. The van der Waals surface area contributed by atoms with E-state index < -0.39 is 89.9 Å². The molecule has 1 aromatic heterocycles. The Kier molecular flexibility index (Phi) is 15.8. The summed E-state index contributed by atoms with van der Waals surface area (Å²) in [6, 6.07) is 0.129. The molecule has 1 fully saturated rings. The van der Waals surface area contributed by atoms with Crippen molar-refractivity contribution in [2.24, 2.45) is 29.2 Å². The molecule has 0 spiro atoms. The molecule has 0 aliphatic carbocycles. The molecule has 7 atom stereocenters. The van der Waals surface area contributed by atoms with Crippen LogP contribution in [0.1, 0.15) is 79.2 Å². The maximum Gasteiger partial charge on any atom is 0.243 e. The Balaban J connectivity index is 2.15. The average Bonchev–Trinajstić information content (AvgIpc) is 3.51. The van der Waals surface area contributed by atoms with E-state index in [9.17, 15) is 33.6 Å². The predicted octanol–water partition coefficient (Wildman–Crippen LogP) is -0.00470. The van der Waals surface area contributed by atoms with Crippen LogP contribution in [0.5, 0.6) is 0 Å². The molecule has 11 N–H and O–H groups in total. The molecule has 2 unspecified atom stereocenters. The minimum Gasteiger partial charge on any atom is -0.370 e. The Morgan fingerprint density at radius 1 is 0.717 bits per heavy atom. The second-order valence-electron chi connectivity index (χ2n) is 14.6. The first kappa shape index (κ1) is 42.4. The Labute approximate surface area is 310 Å². The van der Waals surface area contributed by atoms with Gasteiger partial charge in [0.05, 0.1) is 6.42 Å². The summed E-state index contributed by atoms with van der Waals surface area (Å²) in [5.41, 5.74) is 12.7. The van der Waals surface area contributed by atoms with Crippen molar-refractivity contribution in [3.05, 3.63) is 36.0 Å². The number of carbonyl (C=O) groups is 7. The van der Waals surface area contributed by atoms with Gasteiger partial charge in [-0.15, -0.1) is 0 Å². The van der Waals surface area contributed by atoms with Gasteiger partial charge in [0.15, 0.2) is 0 Å². The molecular weight excluding hydrogens is 682 g/mol. The van der Waals surface area contributed by atoms with Crippen molar-refractivity contribution in [1.82, 2.24) is 36.9 Å². The van der Waals surface area contributed by atoms with Crippen molar-refractivity contribution >= 4 is 52.3 Å². The van der Waals surface area contributed by atoms with Gasteiger partial charge < -0.3 is 48.4 Å². The van der Waals surface area contributed by atoms with E-state index >= 15 is 0 Å². The highest BCUT2D eigenvalue weighted by atomic mass is 16.2. The standard InChI is InChI=1S/C37H57N9O7/c1-7-21(6)31-37(53)43-26(15-19(2)3)34(50)45-30(20(4)5)36(52)44-28(17-29(39)47)33(49)41-25(13-10-14-38)32(48)42-27(35(51)46-31)16-22-18-40-24-12-9-8-11-23(22)24/h8-9,11-12,18-21,25-28,30-31,40H,7,10,13-17,38H2,1-6H3,(H2,39,47)(H,41,49)(H,42,48)(H,43,53)(H,44,52)(H,45,50)(H,46,51)/t21?,25-,26-,27+,28+,30+,31?/m1/s1. The van der Waals surface area contributed by atoms with Gasteiger partial charge in [-0.05, 0) is 55.2 Å². The van der Waals surface area contributed by atoms with Crippen LogP contribution >= 0.6 is 0 Å². The number of benzene rings is 1. The molecule has 53 heavy (non-hydrogen) atoms. The van der Waals surface area contributed by atoms with E-state index in [0.29, 0.717) is 18.4 Å². The average molecular weight is 740 g/mol. The number of para-hydroxylation sites is 1. The van der Waals surface area contributed by atoms with Gasteiger partial charge in [0.2, 0.25) is 41.4 Å². The van der Waals surface area contributed by atoms with Crippen LogP contribution in [0.3, 0.4) is 0 Å². The third-order valence-electron chi connectivity index (χ3n) is 9.48. The number of primary amides is 1. The van der Waals surface area contributed by atoms with Crippen LogP contribution < -0.4 is 43.4 Å². The molecule has 2 aromatic rings. The van der Waals surface area contributed by atoms with E-state index in [1.54, 1.807) is 27.0 Å². The molecule has 7 amide bonds. The quantitative estimate of drug-likeness (QED) is 0.143. The Bertz CT molecular complexity index is 1620. The molecule has 1 aromatic carbocycles. The minimum absolute atomic E-state index is 0.0172. The molecule has 292 valence electrons. The van der Waals surface area contributed by atoms with Crippen LogP contribution in [0, 0.1) is 17.8 Å². The fraction of sp³-hybridized carbons (Fsp3) is 0.595. The highest BCUT2D eigenvalue weighted by Crippen LogP contribution is 2.20. The van der Waals surface area contributed by atoms with Crippen LogP contribution in [0.25, 0.3) is 10.9 Å². The number of nitrogens with one attached hydrogen (secondary N) is 7. The van der Waals surface area contributed by atoms with E-state index in [1.807, 2.05) is 45.0 Å². The number of hydrogen-bond acceptors (Lipinski definition) is 8. The lowest BCUT2D eigenvalue weighted by atomic mass is 9.95. The zero-order valence-electron chi connectivity index (χ0n) is 31.5. The molecule has 3 rings (SSSR count). The van der Waals surface area contributed by atoms with Gasteiger partial charge in [-0.25, -0.2) is 0 Å². The summed E-state index contributed by atoms with van der Waals surface area (Å²) in [7, 11) is 0. The Hall–Kier alpha value is -4.99. The molecule has 1 saturated heterocycles. The van der Waals surface area contributed by atoms with Gasteiger partial charge in [0, 0.05) is 23.5 Å². The van der Waals surface area contributed by atoms with E-state index in [-0.39, 0.29) is 37.6 Å². The number of aromatic amines is 1. The molecule has 2 heterocycles. The molecule has 16 nitrogen and oxygen atoms in total. The zero-order chi connectivity index (χ0) is 39.4. The summed E-state index contributed by atoms with van der Waals surface area (Å²) in [4.78, 5) is 98.6. The van der Waals surface area contributed by atoms with Crippen LogP contribution in [-0.2, 0) is 40.0 Å². The highest BCUT2D eigenvalue weighted by Gasteiger charge is 2.37. The van der Waals surface area contributed by atoms with E-state index in [1.165, 1.54) is 0 Å². The van der Waals surface area contributed by atoms with Gasteiger partial charge in [-0.1, -0.05) is 66.2 Å². The fourth-order valence-corrected chi connectivity index (χ4v) is 6.25. The van der Waals surface area contributed by atoms with Gasteiger partial charge >= 0.3 is 0 Å². The number of H-pyrrole nitrogens is 1. The first-order chi connectivity index (χ1) is 25.1. The summed E-state index contributed by atoms with van der Waals surface area (Å²) >= 11 is 0. The lowest BCUT2D eigenvalue weighted by molar-refractivity contribution is -0.138. The summed E-state index contributed by atoms with van der Waals surface area (Å²) in [6.45, 7) is 10.9. The number of fused-ring (bicyclic) bond motifs is 1. The van der Waals surface area contributed by atoms with Crippen molar-refractivity contribution in [2.75, 3.05) is 6.54 Å². The van der Waals surface area contributed by atoms with Crippen LogP contribution in [0.2, 0.25) is 0 Å². The molecule has 0 bridgehead atoms. The zero-order valence-corrected chi connectivity index (χ0v) is 31.5. The molecule has 0 saturated carbocycles. The summed E-state index contributed by atoms with van der Waals surface area (Å²) in [5, 5.41) is 17.1. The van der Waals surface area contributed by atoms with E-state index in [4.69, 9.17) is 11.5 Å². The molecule has 1 aliphatic rings. The molecule has 1 aliphatic heterocycles. The fourth-order valence-electron chi connectivity index (χ4n) is 6.25. The normalized spacial score (nSPS) is 24.7. The largest absolute Gasteiger partial charge is 0.370 e. The first-order valence-corrected chi connectivity index (χ1v) is 18.4. The molecular formula is C37H57N9O7. The smallest absolute Gasteiger partial charge is 0.243 e. The second-order valence-corrected chi connectivity index (χ2v) is 14.6. The topological polar surface area (TPSA) is 260 Å². The summed E-state index contributed by atoms with van der Waals surface area (Å²) in [6.07, 6.45) is 2.22. The van der Waals surface area contributed by atoms with Crippen molar-refractivity contribution in [2.45, 2.75) is 116 Å². The van der Waals surface area contributed by atoms with Gasteiger partial charge in [-0.3, -0.25) is 33.6 Å². The predicted molar refractivity (Wildman–Crippen MR) is 199 cm³/mol. The first-order valence-electron chi connectivity index (χ1n) is 18.4. The van der Waals surface area contributed by atoms with Crippen molar-refractivity contribution < 1.29 is 33.6 Å². The number of rotatable bonds is 12. The van der Waals surface area contributed by atoms with Crippen LogP contribution in [0.15, 0.2) is 30.5 Å². The van der Waals surface area contributed by atoms with Gasteiger partial charge in [0.25, 0.3) is 0 Å². The lowest BCUT2D eigenvalue weighted by Gasteiger charge is -2.31. The summed E-state index contributed by atoms with van der Waals surface area (Å²) in [5.74, 6) is -6.08. The van der Waals surface area contributed by atoms with Crippen LogP contribution in [-0.4, -0.2) is 89.1 Å². The van der Waals surface area contributed by atoms with Gasteiger partial charge in [-0.2, -0.15) is 0 Å². The Morgan fingerprint density at radius 3 is 1.89 bits per heavy atom. The van der Waals surface area contributed by atoms with Crippen LogP contribution in [0.4, 0.5) is 0 Å². The SMILES string of the molecule is CCC(C)C1NC(=O)[C@H](Cc2c[nH]c3ccccc23)NC(=O)[C@@H](CCCN)NC(=O)[C@H](CC(N)=O)NC(=O)[C@H](C(C)C)NC(=O)[C@@H](CC(C)C)NC1=O. The second kappa shape index (κ2) is 19.7. The monoisotopic (exact) mass is 739 g/mol. The molecule has 0 radical (unpaired) electrons. The number of amides is 7. The number of nitrogens with two attached hydrogens (primary N) is 2. The highest BCUT2D eigenvalue weighted by molar-refractivity contribution is 5.99. The third-order valence-corrected chi connectivity index (χ3v) is 9.48. The Morgan fingerprint density at radius 2 is 1.26 bits per heavy atom. The van der Waals surface area contributed by atoms with Crippen molar-refractivity contribution in [1.29, 1.82) is 0 Å². The van der Waals surface area contributed by atoms with E-state index in [0.717, 1.165) is 10.9 Å². The maximum atomic E-state index is 14.2. The van der Waals surface area contributed by atoms with E-state index in [2.05, 4.69) is 36.9 Å².